The molecule has 1 fully saturated rings. The molecule has 1 saturated heterocycles. The summed E-state index contributed by atoms with van der Waals surface area (Å²) in [4.78, 5) is 12.3. The summed E-state index contributed by atoms with van der Waals surface area (Å²) >= 11 is 0. The Morgan fingerprint density at radius 2 is 1.75 bits per heavy atom. The number of ether oxygens (including phenoxy) is 2. The molecule has 2 amide bonds. The standard InChI is InChI=1S/C15H22N2O9S2/c1-23-14-13(26-28(3,21)22)12(11(25-14)9-24-27(2,19)20)17-15(18)16-10-7-5-4-6-8-10/h4-8,11-14H,9H2,1-3H3,(H2,16,17,18)/t11-,12-,13+,14-/m1/s1. The minimum Gasteiger partial charge on any atom is -0.353 e. The van der Waals surface area contributed by atoms with E-state index in [0.717, 1.165) is 12.5 Å². The van der Waals surface area contributed by atoms with E-state index in [2.05, 4.69) is 10.6 Å². The Balaban J connectivity index is 2.20. The molecule has 0 aromatic heterocycles. The van der Waals surface area contributed by atoms with Gasteiger partial charge >= 0.3 is 6.03 Å². The topological polar surface area (TPSA) is 146 Å². The average Bonchev–Trinajstić information content (AvgIpc) is 2.88. The minimum atomic E-state index is -3.94. The van der Waals surface area contributed by atoms with Crippen molar-refractivity contribution in [2.24, 2.45) is 0 Å². The number of nitrogens with one attached hydrogen (secondary N) is 2. The third-order valence-corrected chi connectivity index (χ3v) is 4.76. The summed E-state index contributed by atoms with van der Waals surface area (Å²) in [6.07, 6.45) is -1.79. The van der Waals surface area contributed by atoms with Gasteiger partial charge in [-0.25, -0.2) is 4.79 Å². The molecule has 0 aliphatic carbocycles. The summed E-state index contributed by atoms with van der Waals surface area (Å²) in [6.45, 7) is -0.474. The van der Waals surface area contributed by atoms with Crippen LogP contribution < -0.4 is 10.6 Å². The Labute approximate surface area is 163 Å². The van der Waals surface area contributed by atoms with E-state index in [1.807, 2.05) is 0 Å². The molecule has 0 spiro atoms. The molecule has 1 aromatic rings. The van der Waals surface area contributed by atoms with E-state index in [0.29, 0.717) is 5.69 Å². The summed E-state index contributed by atoms with van der Waals surface area (Å²) in [7, 11) is -6.48. The van der Waals surface area contributed by atoms with Gasteiger partial charge in [0.1, 0.15) is 6.10 Å². The van der Waals surface area contributed by atoms with Crippen molar-refractivity contribution in [2.75, 3.05) is 31.5 Å². The highest BCUT2D eigenvalue weighted by Crippen LogP contribution is 2.26. The van der Waals surface area contributed by atoms with Crippen LogP contribution in [0.5, 0.6) is 0 Å². The summed E-state index contributed by atoms with van der Waals surface area (Å²) in [5.41, 5.74) is 0.492. The zero-order chi connectivity index (χ0) is 20.9. The molecular weight excluding hydrogens is 416 g/mol. The van der Waals surface area contributed by atoms with Gasteiger partial charge in [-0.2, -0.15) is 16.8 Å². The number of benzene rings is 1. The van der Waals surface area contributed by atoms with Gasteiger partial charge < -0.3 is 20.1 Å². The van der Waals surface area contributed by atoms with Crippen LogP contribution in [0.25, 0.3) is 0 Å². The number of anilines is 1. The van der Waals surface area contributed by atoms with Crippen LogP contribution in [-0.2, 0) is 38.1 Å². The highest BCUT2D eigenvalue weighted by atomic mass is 32.2. The van der Waals surface area contributed by atoms with E-state index >= 15 is 0 Å². The molecule has 1 aliphatic rings. The molecule has 1 aliphatic heterocycles. The molecule has 0 unspecified atom stereocenters. The number of carbonyl (C=O) groups excluding carboxylic acids is 1. The predicted molar refractivity (Wildman–Crippen MR) is 98.6 cm³/mol. The largest absolute Gasteiger partial charge is 0.353 e. The first kappa shape index (κ1) is 22.5. The molecule has 4 atom stereocenters. The third-order valence-electron chi connectivity index (χ3n) is 3.63. The van der Waals surface area contributed by atoms with Gasteiger partial charge in [-0.05, 0) is 12.1 Å². The van der Waals surface area contributed by atoms with E-state index in [1.54, 1.807) is 30.3 Å². The average molecular weight is 438 g/mol. The van der Waals surface area contributed by atoms with Gasteiger partial charge in [-0.1, -0.05) is 18.2 Å². The van der Waals surface area contributed by atoms with Crippen molar-refractivity contribution in [3.05, 3.63) is 30.3 Å². The second-order valence-corrected chi connectivity index (χ2v) is 9.27. The smallest absolute Gasteiger partial charge is 0.319 e. The molecule has 13 heteroatoms. The van der Waals surface area contributed by atoms with Gasteiger partial charge in [0.05, 0.1) is 25.2 Å². The Morgan fingerprint density at radius 1 is 1.11 bits per heavy atom. The van der Waals surface area contributed by atoms with Crippen molar-refractivity contribution >= 4 is 32.0 Å². The first-order chi connectivity index (χ1) is 13.0. The first-order valence-corrected chi connectivity index (χ1v) is 11.7. The van der Waals surface area contributed by atoms with Crippen molar-refractivity contribution in [3.63, 3.8) is 0 Å². The number of amides is 2. The van der Waals surface area contributed by atoms with Gasteiger partial charge in [-0.3, -0.25) is 8.37 Å². The van der Waals surface area contributed by atoms with E-state index in [4.69, 9.17) is 17.8 Å². The minimum absolute atomic E-state index is 0.474. The fraction of sp³-hybridized carbons (Fsp3) is 0.533. The molecule has 158 valence electrons. The lowest BCUT2D eigenvalue weighted by atomic mass is 10.1. The fourth-order valence-corrected chi connectivity index (χ4v) is 3.56. The SMILES string of the molecule is CO[C@@H]1O[C@H](COS(C)(=O)=O)[C@@H](NC(=O)Nc2ccccc2)[C@@H]1OS(C)(=O)=O. The lowest BCUT2D eigenvalue weighted by Crippen LogP contribution is -2.51. The number of methoxy groups -OCH3 is 1. The van der Waals surface area contributed by atoms with Crippen LogP contribution in [0.1, 0.15) is 0 Å². The Morgan fingerprint density at radius 3 is 2.29 bits per heavy atom. The third kappa shape index (κ3) is 7.00. The van der Waals surface area contributed by atoms with Gasteiger partial charge in [0.15, 0.2) is 12.4 Å². The molecular formula is C15H22N2O9S2. The van der Waals surface area contributed by atoms with Crippen LogP contribution in [-0.4, -0.2) is 73.6 Å². The summed E-state index contributed by atoms with van der Waals surface area (Å²) in [5, 5.41) is 5.10. The molecule has 2 rings (SSSR count). The number of urea groups is 1. The van der Waals surface area contributed by atoms with Crippen molar-refractivity contribution in [3.8, 4) is 0 Å². The van der Waals surface area contributed by atoms with Crippen LogP contribution in [0.2, 0.25) is 0 Å². The molecule has 0 radical (unpaired) electrons. The first-order valence-electron chi connectivity index (χ1n) is 8.02. The molecule has 0 saturated carbocycles. The number of hydrogen-bond donors (Lipinski definition) is 2. The number of rotatable bonds is 8. The van der Waals surface area contributed by atoms with Crippen molar-refractivity contribution in [1.82, 2.24) is 5.32 Å². The lowest BCUT2D eigenvalue weighted by Gasteiger charge is -2.24. The maximum atomic E-state index is 12.3. The van der Waals surface area contributed by atoms with Crippen LogP contribution in [0.3, 0.4) is 0 Å². The number of hydrogen-bond acceptors (Lipinski definition) is 9. The second kappa shape index (κ2) is 9.15. The Bertz CT molecular complexity index is 874. The molecule has 0 bridgehead atoms. The molecule has 11 nitrogen and oxygen atoms in total. The highest BCUT2D eigenvalue weighted by Gasteiger charge is 2.48. The normalized spacial score (nSPS) is 25.4. The van der Waals surface area contributed by atoms with E-state index in [1.165, 1.54) is 7.11 Å². The van der Waals surface area contributed by atoms with Gasteiger partial charge in [0.25, 0.3) is 20.2 Å². The number of para-hydroxylation sites is 1. The number of carbonyl (C=O) groups is 1. The van der Waals surface area contributed by atoms with Crippen LogP contribution >= 0.6 is 0 Å². The monoisotopic (exact) mass is 438 g/mol. The van der Waals surface area contributed by atoms with Crippen LogP contribution in [0, 0.1) is 0 Å². The van der Waals surface area contributed by atoms with Gasteiger partial charge in [-0.15, -0.1) is 0 Å². The summed E-state index contributed by atoms with van der Waals surface area (Å²) < 4.78 is 66.1. The Kier molecular flexibility index (Phi) is 7.36. The van der Waals surface area contributed by atoms with Crippen LogP contribution in [0.4, 0.5) is 10.5 Å². The Hall–Kier alpha value is -1.77. The molecule has 1 heterocycles. The lowest BCUT2D eigenvalue weighted by molar-refractivity contribution is -0.146. The quantitative estimate of drug-likeness (QED) is 0.530. The summed E-state index contributed by atoms with van der Waals surface area (Å²) in [6, 6.07) is 6.75. The molecule has 2 N–H and O–H groups in total. The molecule has 28 heavy (non-hydrogen) atoms. The van der Waals surface area contributed by atoms with Gasteiger partial charge in [0.2, 0.25) is 0 Å². The highest BCUT2D eigenvalue weighted by molar-refractivity contribution is 7.86. The maximum absolute atomic E-state index is 12.3. The zero-order valence-corrected chi connectivity index (χ0v) is 17.0. The van der Waals surface area contributed by atoms with E-state index in [9.17, 15) is 21.6 Å². The van der Waals surface area contributed by atoms with E-state index < -0.39 is 57.4 Å². The van der Waals surface area contributed by atoms with Crippen LogP contribution in [0.15, 0.2) is 30.3 Å². The van der Waals surface area contributed by atoms with Crippen molar-refractivity contribution in [2.45, 2.75) is 24.5 Å². The van der Waals surface area contributed by atoms with Gasteiger partial charge in [0, 0.05) is 12.8 Å². The van der Waals surface area contributed by atoms with Crippen molar-refractivity contribution < 1.29 is 39.5 Å². The van der Waals surface area contributed by atoms with Crippen molar-refractivity contribution in [1.29, 1.82) is 0 Å². The predicted octanol–water partition coefficient (Wildman–Crippen LogP) is -0.131. The second-order valence-electron chi connectivity index (χ2n) is 6.02. The fourth-order valence-electron chi connectivity index (χ4n) is 2.56. The summed E-state index contributed by atoms with van der Waals surface area (Å²) in [5.74, 6) is 0. The van der Waals surface area contributed by atoms with E-state index in [-0.39, 0.29) is 0 Å². The maximum Gasteiger partial charge on any atom is 0.319 e. The molecule has 1 aromatic carbocycles. The zero-order valence-electron chi connectivity index (χ0n) is 15.4.